The highest BCUT2D eigenvalue weighted by atomic mass is 32.1. The van der Waals surface area contributed by atoms with Gasteiger partial charge in [0.2, 0.25) is 5.91 Å². The van der Waals surface area contributed by atoms with Crippen LogP contribution in [0.4, 0.5) is 5.69 Å². The number of methoxy groups -OCH3 is 2. The van der Waals surface area contributed by atoms with E-state index in [2.05, 4.69) is 28.5 Å². The summed E-state index contributed by atoms with van der Waals surface area (Å²) in [5, 5.41) is 3.34. The summed E-state index contributed by atoms with van der Waals surface area (Å²) in [6, 6.07) is 11.3. The van der Waals surface area contributed by atoms with Crippen LogP contribution in [0.1, 0.15) is 16.0 Å². The van der Waals surface area contributed by atoms with Gasteiger partial charge < -0.3 is 14.8 Å². The Bertz CT molecular complexity index is 1420. The standard InChI is InChI=1S/C25H25N3O4S/c1-14-6-7-15(2)18(10-14)22-16(3)33-24-23(22)25(30)28(13-26-24)12-21(29)27-19-11-17(31-4)8-9-20(19)32-5/h6-11,13H,12H2,1-5H3,(H,27,29). The second kappa shape index (κ2) is 9.07. The molecule has 0 saturated carbocycles. The van der Waals surface area contributed by atoms with Crippen LogP contribution in [0.5, 0.6) is 11.5 Å². The van der Waals surface area contributed by atoms with Crippen LogP contribution in [0.3, 0.4) is 0 Å². The number of rotatable bonds is 6. The van der Waals surface area contributed by atoms with Gasteiger partial charge in [-0.25, -0.2) is 4.98 Å². The smallest absolute Gasteiger partial charge is 0.263 e. The third-order valence-corrected chi connectivity index (χ3v) is 6.53. The molecule has 0 spiro atoms. The van der Waals surface area contributed by atoms with E-state index in [-0.39, 0.29) is 18.0 Å². The number of carbonyl (C=O) groups excluding carboxylic acids is 1. The van der Waals surface area contributed by atoms with Crippen LogP contribution in [0.15, 0.2) is 47.5 Å². The number of thiophene rings is 1. The van der Waals surface area contributed by atoms with Crippen molar-refractivity contribution in [3.63, 3.8) is 0 Å². The monoisotopic (exact) mass is 463 g/mol. The van der Waals surface area contributed by atoms with Crippen molar-refractivity contribution in [2.45, 2.75) is 27.3 Å². The fourth-order valence-electron chi connectivity index (χ4n) is 3.84. The molecule has 2 heterocycles. The minimum absolute atomic E-state index is 0.177. The predicted molar refractivity (Wildman–Crippen MR) is 132 cm³/mol. The normalized spacial score (nSPS) is 10.9. The molecular weight excluding hydrogens is 438 g/mol. The van der Waals surface area contributed by atoms with Crippen molar-refractivity contribution in [2.24, 2.45) is 0 Å². The Morgan fingerprint density at radius 2 is 1.88 bits per heavy atom. The van der Waals surface area contributed by atoms with Gasteiger partial charge in [0.25, 0.3) is 5.56 Å². The Balaban J connectivity index is 1.72. The molecule has 1 N–H and O–H groups in total. The summed E-state index contributed by atoms with van der Waals surface area (Å²) in [7, 11) is 3.07. The van der Waals surface area contributed by atoms with Crippen molar-refractivity contribution in [1.29, 1.82) is 0 Å². The van der Waals surface area contributed by atoms with Crippen molar-refractivity contribution < 1.29 is 14.3 Å². The molecule has 0 radical (unpaired) electrons. The first-order valence-electron chi connectivity index (χ1n) is 10.4. The number of benzene rings is 2. The third-order valence-electron chi connectivity index (χ3n) is 5.51. The maximum absolute atomic E-state index is 13.4. The molecular formula is C25H25N3O4S. The summed E-state index contributed by atoms with van der Waals surface area (Å²) < 4.78 is 11.9. The van der Waals surface area contributed by atoms with Crippen LogP contribution in [0, 0.1) is 20.8 Å². The van der Waals surface area contributed by atoms with Gasteiger partial charge in [-0.3, -0.25) is 14.2 Å². The Hall–Kier alpha value is -3.65. The highest BCUT2D eigenvalue weighted by molar-refractivity contribution is 7.19. The van der Waals surface area contributed by atoms with Crippen LogP contribution >= 0.6 is 11.3 Å². The molecule has 0 fully saturated rings. The van der Waals surface area contributed by atoms with E-state index >= 15 is 0 Å². The van der Waals surface area contributed by atoms with Crippen LogP contribution in [0.2, 0.25) is 0 Å². The van der Waals surface area contributed by atoms with Gasteiger partial charge in [0.15, 0.2) is 0 Å². The number of aryl methyl sites for hydroxylation is 3. The molecule has 4 aromatic rings. The van der Waals surface area contributed by atoms with Crippen molar-refractivity contribution in [1.82, 2.24) is 9.55 Å². The first-order chi connectivity index (χ1) is 15.8. The number of hydrogen-bond acceptors (Lipinski definition) is 6. The topological polar surface area (TPSA) is 82.4 Å². The number of anilines is 1. The fraction of sp³-hybridized carbons (Fsp3) is 0.240. The maximum atomic E-state index is 13.4. The summed E-state index contributed by atoms with van der Waals surface area (Å²) in [4.78, 5) is 32.4. The van der Waals surface area contributed by atoms with Gasteiger partial charge in [0.1, 0.15) is 22.9 Å². The zero-order valence-corrected chi connectivity index (χ0v) is 20.0. The van der Waals surface area contributed by atoms with E-state index in [1.165, 1.54) is 29.3 Å². The SMILES string of the molecule is COc1ccc(OC)c(NC(=O)Cn2cnc3sc(C)c(-c4cc(C)ccc4C)c3c2=O)c1. The molecule has 8 heteroatoms. The number of fused-ring (bicyclic) bond motifs is 1. The average molecular weight is 464 g/mol. The lowest BCUT2D eigenvalue weighted by Crippen LogP contribution is -2.28. The summed E-state index contributed by atoms with van der Waals surface area (Å²) in [5.74, 6) is 0.707. The number of aromatic nitrogens is 2. The fourth-order valence-corrected chi connectivity index (χ4v) is 4.83. The number of ether oxygens (including phenoxy) is 2. The van der Waals surface area contributed by atoms with Gasteiger partial charge in [-0.15, -0.1) is 11.3 Å². The quantitative estimate of drug-likeness (QED) is 0.448. The van der Waals surface area contributed by atoms with E-state index in [4.69, 9.17) is 9.47 Å². The van der Waals surface area contributed by atoms with E-state index in [1.54, 1.807) is 25.3 Å². The van der Waals surface area contributed by atoms with Crippen molar-refractivity contribution >= 4 is 33.1 Å². The van der Waals surface area contributed by atoms with Crippen molar-refractivity contribution in [3.05, 3.63) is 69.1 Å². The van der Waals surface area contributed by atoms with E-state index < -0.39 is 0 Å². The lowest BCUT2D eigenvalue weighted by atomic mass is 9.97. The first-order valence-corrected chi connectivity index (χ1v) is 11.2. The number of carbonyl (C=O) groups is 1. The molecule has 4 rings (SSSR count). The molecule has 2 aromatic heterocycles. The molecule has 2 aromatic carbocycles. The summed E-state index contributed by atoms with van der Waals surface area (Å²) in [5.41, 5.74) is 4.32. The van der Waals surface area contributed by atoms with Gasteiger partial charge in [0.05, 0.1) is 31.6 Å². The number of amides is 1. The molecule has 1 amide bonds. The van der Waals surface area contributed by atoms with E-state index in [1.807, 2.05) is 20.8 Å². The third kappa shape index (κ3) is 4.34. The van der Waals surface area contributed by atoms with Gasteiger partial charge >= 0.3 is 0 Å². The Morgan fingerprint density at radius 1 is 1.09 bits per heavy atom. The highest BCUT2D eigenvalue weighted by Gasteiger charge is 2.19. The molecule has 33 heavy (non-hydrogen) atoms. The molecule has 0 aliphatic carbocycles. The number of hydrogen-bond donors (Lipinski definition) is 1. The van der Waals surface area contributed by atoms with E-state index in [9.17, 15) is 9.59 Å². The highest BCUT2D eigenvalue weighted by Crippen LogP contribution is 2.37. The molecule has 0 bridgehead atoms. The van der Waals surface area contributed by atoms with Gasteiger partial charge in [-0.2, -0.15) is 0 Å². The molecule has 0 atom stereocenters. The predicted octanol–water partition coefficient (Wildman–Crippen LogP) is 4.71. The van der Waals surface area contributed by atoms with Gasteiger partial charge in [0, 0.05) is 16.5 Å². The summed E-state index contributed by atoms with van der Waals surface area (Å²) in [6.07, 6.45) is 1.43. The van der Waals surface area contributed by atoms with Crippen LogP contribution < -0.4 is 20.3 Å². The van der Waals surface area contributed by atoms with Gasteiger partial charge in [-0.1, -0.05) is 23.8 Å². The largest absolute Gasteiger partial charge is 0.497 e. The molecule has 0 aliphatic rings. The van der Waals surface area contributed by atoms with Gasteiger partial charge in [-0.05, 0) is 44.0 Å². The zero-order chi connectivity index (χ0) is 23.7. The number of nitrogens with one attached hydrogen (secondary N) is 1. The molecule has 7 nitrogen and oxygen atoms in total. The van der Waals surface area contributed by atoms with E-state index in [0.29, 0.717) is 27.4 Å². The summed E-state index contributed by atoms with van der Waals surface area (Å²) in [6.45, 7) is 5.88. The van der Waals surface area contributed by atoms with E-state index in [0.717, 1.165) is 27.1 Å². The maximum Gasteiger partial charge on any atom is 0.263 e. The lowest BCUT2D eigenvalue weighted by Gasteiger charge is -2.12. The molecule has 0 aliphatic heterocycles. The molecule has 170 valence electrons. The van der Waals surface area contributed by atoms with Crippen molar-refractivity contribution in [2.75, 3.05) is 19.5 Å². The lowest BCUT2D eigenvalue weighted by molar-refractivity contribution is -0.116. The van der Waals surface area contributed by atoms with Crippen LogP contribution in [-0.2, 0) is 11.3 Å². The second-order valence-corrected chi connectivity index (χ2v) is 9.03. The molecule has 0 saturated heterocycles. The van der Waals surface area contributed by atoms with Crippen LogP contribution in [0.25, 0.3) is 21.3 Å². The summed E-state index contributed by atoms with van der Waals surface area (Å²) >= 11 is 1.49. The Labute approximate surface area is 195 Å². The number of nitrogens with zero attached hydrogens (tertiary/aromatic N) is 2. The zero-order valence-electron chi connectivity index (χ0n) is 19.2. The first kappa shape index (κ1) is 22.5. The molecule has 0 unspecified atom stereocenters. The average Bonchev–Trinajstić information content (AvgIpc) is 3.13. The minimum Gasteiger partial charge on any atom is -0.497 e. The van der Waals surface area contributed by atoms with Crippen LogP contribution in [-0.4, -0.2) is 29.7 Å². The second-order valence-electron chi connectivity index (χ2n) is 7.82. The Kier molecular flexibility index (Phi) is 6.20. The van der Waals surface area contributed by atoms with Crippen molar-refractivity contribution in [3.8, 4) is 22.6 Å². The minimum atomic E-state index is -0.370. The Morgan fingerprint density at radius 3 is 2.61 bits per heavy atom.